The summed E-state index contributed by atoms with van der Waals surface area (Å²) in [5.41, 5.74) is 2.09. The van der Waals surface area contributed by atoms with Gasteiger partial charge in [0.25, 0.3) is 0 Å². The van der Waals surface area contributed by atoms with E-state index in [4.69, 9.17) is 0 Å². The van der Waals surface area contributed by atoms with Crippen LogP contribution in [0.25, 0.3) is 0 Å². The minimum atomic E-state index is -0.365. The molecule has 0 saturated carbocycles. The Morgan fingerprint density at radius 1 is 0.857 bits per heavy atom. The molecule has 0 bridgehead atoms. The highest BCUT2D eigenvalue weighted by molar-refractivity contribution is 5.80. The van der Waals surface area contributed by atoms with Crippen LogP contribution in [0.1, 0.15) is 36.0 Å². The first kappa shape index (κ1) is 24.6. The molecule has 1 aliphatic rings. The lowest BCUT2D eigenvalue weighted by molar-refractivity contribution is -0.132. The predicted molar refractivity (Wildman–Crippen MR) is 132 cm³/mol. The fourth-order valence-electron chi connectivity index (χ4n) is 4.84. The highest BCUT2D eigenvalue weighted by atomic mass is 19.1. The SMILES string of the molecule is O=C(CC1(c2ccccc2)CCN(C(=O)Cc2ccc(F)cc2)CC1)NCCc1ccccc1F. The Labute approximate surface area is 205 Å². The van der Waals surface area contributed by atoms with Gasteiger partial charge in [0.2, 0.25) is 11.8 Å². The van der Waals surface area contributed by atoms with E-state index in [0.717, 1.165) is 11.1 Å². The van der Waals surface area contributed by atoms with Crippen molar-refractivity contribution in [2.75, 3.05) is 19.6 Å². The summed E-state index contributed by atoms with van der Waals surface area (Å²) in [6.45, 7) is 1.47. The van der Waals surface area contributed by atoms with Gasteiger partial charge in [0, 0.05) is 31.5 Å². The summed E-state index contributed by atoms with van der Waals surface area (Å²) in [6, 6.07) is 22.6. The number of amides is 2. The smallest absolute Gasteiger partial charge is 0.226 e. The lowest BCUT2D eigenvalue weighted by atomic mass is 9.70. The van der Waals surface area contributed by atoms with E-state index >= 15 is 0 Å². The van der Waals surface area contributed by atoms with Gasteiger partial charge in [-0.25, -0.2) is 8.78 Å². The zero-order valence-corrected chi connectivity index (χ0v) is 19.7. The monoisotopic (exact) mass is 476 g/mol. The summed E-state index contributed by atoms with van der Waals surface area (Å²) in [5, 5.41) is 2.95. The van der Waals surface area contributed by atoms with Gasteiger partial charge in [-0.1, -0.05) is 60.7 Å². The van der Waals surface area contributed by atoms with E-state index in [1.54, 1.807) is 30.3 Å². The van der Waals surface area contributed by atoms with Crippen LogP contribution in [-0.2, 0) is 27.8 Å². The maximum Gasteiger partial charge on any atom is 0.226 e. The third kappa shape index (κ3) is 6.32. The molecular weight excluding hydrogens is 446 g/mol. The van der Waals surface area contributed by atoms with E-state index in [2.05, 4.69) is 5.32 Å². The molecule has 4 rings (SSSR count). The number of carbonyl (C=O) groups excluding carboxylic acids is 2. The Hall–Kier alpha value is -3.54. The van der Waals surface area contributed by atoms with Gasteiger partial charge in [-0.15, -0.1) is 0 Å². The maximum atomic E-state index is 13.9. The first-order valence-electron chi connectivity index (χ1n) is 12.0. The normalized spacial score (nSPS) is 15.0. The molecule has 182 valence electrons. The molecule has 0 radical (unpaired) electrons. The van der Waals surface area contributed by atoms with E-state index < -0.39 is 0 Å². The second-order valence-electron chi connectivity index (χ2n) is 9.20. The van der Waals surface area contributed by atoms with E-state index in [1.165, 1.54) is 18.2 Å². The minimum Gasteiger partial charge on any atom is -0.356 e. The number of carbonyl (C=O) groups is 2. The van der Waals surface area contributed by atoms with Crippen LogP contribution in [0, 0.1) is 11.6 Å². The number of nitrogens with zero attached hydrogens (tertiary/aromatic N) is 1. The van der Waals surface area contributed by atoms with Gasteiger partial charge >= 0.3 is 0 Å². The highest BCUT2D eigenvalue weighted by Crippen LogP contribution is 2.38. The summed E-state index contributed by atoms with van der Waals surface area (Å²) in [7, 11) is 0. The summed E-state index contributed by atoms with van der Waals surface area (Å²) in [4.78, 5) is 27.6. The molecule has 0 aromatic heterocycles. The second-order valence-corrected chi connectivity index (χ2v) is 9.20. The van der Waals surface area contributed by atoms with Crippen LogP contribution >= 0.6 is 0 Å². The highest BCUT2D eigenvalue weighted by Gasteiger charge is 2.39. The molecule has 4 nitrogen and oxygen atoms in total. The van der Waals surface area contributed by atoms with Crippen molar-refractivity contribution in [1.82, 2.24) is 10.2 Å². The van der Waals surface area contributed by atoms with Gasteiger partial charge < -0.3 is 10.2 Å². The Morgan fingerprint density at radius 2 is 1.51 bits per heavy atom. The summed E-state index contributed by atoms with van der Waals surface area (Å²) >= 11 is 0. The third-order valence-electron chi connectivity index (χ3n) is 6.90. The van der Waals surface area contributed by atoms with Crippen LogP contribution in [0.5, 0.6) is 0 Å². The fraction of sp³-hybridized carbons (Fsp3) is 0.310. The first-order valence-corrected chi connectivity index (χ1v) is 12.0. The molecule has 0 unspecified atom stereocenters. The fourth-order valence-corrected chi connectivity index (χ4v) is 4.84. The molecule has 1 heterocycles. The average molecular weight is 477 g/mol. The lowest BCUT2D eigenvalue weighted by Crippen LogP contribution is -2.47. The van der Waals surface area contributed by atoms with Crippen molar-refractivity contribution in [2.45, 2.75) is 37.5 Å². The van der Waals surface area contributed by atoms with Gasteiger partial charge in [-0.3, -0.25) is 9.59 Å². The van der Waals surface area contributed by atoms with Crippen molar-refractivity contribution in [1.29, 1.82) is 0 Å². The zero-order valence-electron chi connectivity index (χ0n) is 19.7. The number of hydrogen-bond acceptors (Lipinski definition) is 2. The Morgan fingerprint density at radius 3 is 2.20 bits per heavy atom. The molecule has 2 amide bonds. The van der Waals surface area contributed by atoms with Gasteiger partial charge in [-0.05, 0) is 54.2 Å². The third-order valence-corrected chi connectivity index (χ3v) is 6.90. The molecule has 0 aliphatic carbocycles. The van der Waals surface area contributed by atoms with Gasteiger partial charge in [0.15, 0.2) is 0 Å². The molecule has 1 N–H and O–H groups in total. The van der Waals surface area contributed by atoms with Crippen LogP contribution in [0.2, 0.25) is 0 Å². The van der Waals surface area contributed by atoms with E-state index in [9.17, 15) is 18.4 Å². The minimum absolute atomic E-state index is 0.00705. The van der Waals surface area contributed by atoms with Crippen molar-refractivity contribution in [3.63, 3.8) is 0 Å². The molecule has 1 saturated heterocycles. The van der Waals surface area contributed by atoms with Gasteiger partial charge in [-0.2, -0.15) is 0 Å². The lowest BCUT2D eigenvalue weighted by Gasteiger charge is -2.42. The van der Waals surface area contributed by atoms with Crippen LogP contribution < -0.4 is 5.32 Å². The van der Waals surface area contributed by atoms with E-state index in [-0.39, 0.29) is 35.3 Å². The first-order chi connectivity index (χ1) is 16.9. The topological polar surface area (TPSA) is 49.4 Å². The molecular formula is C29H30F2N2O2. The van der Waals surface area contributed by atoms with Gasteiger partial charge in [0.1, 0.15) is 11.6 Å². The number of rotatable bonds is 8. The number of hydrogen-bond donors (Lipinski definition) is 1. The molecule has 0 atom stereocenters. The largest absolute Gasteiger partial charge is 0.356 e. The van der Waals surface area contributed by atoms with Crippen LogP contribution in [0.3, 0.4) is 0 Å². The van der Waals surface area contributed by atoms with E-state index in [0.29, 0.717) is 50.9 Å². The quantitative estimate of drug-likeness (QED) is 0.507. The zero-order chi connectivity index (χ0) is 24.7. The van der Waals surface area contributed by atoms with Crippen molar-refractivity contribution in [2.24, 2.45) is 0 Å². The number of halogens is 2. The Kier molecular flexibility index (Phi) is 7.91. The summed E-state index contributed by atoms with van der Waals surface area (Å²) in [5.74, 6) is -0.650. The van der Waals surface area contributed by atoms with Crippen LogP contribution in [-0.4, -0.2) is 36.3 Å². The van der Waals surface area contributed by atoms with Crippen molar-refractivity contribution >= 4 is 11.8 Å². The average Bonchev–Trinajstić information content (AvgIpc) is 2.87. The Bertz CT molecular complexity index is 1140. The van der Waals surface area contributed by atoms with Crippen molar-refractivity contribution < 1.29 is 18.4 Å². The molecule has 3 aromatic rings. The number of likely N-dealkylation sites (tertiary alicyclic amines) is 1. The van der Waals surface area contributed by atoms with Gasteiger partial charge in [0.05, 0.1) is 6.42 Å². The maximum absolute atomic E-state index is 13.9. The number of benzene rings is 3. The molecule has 1 fully saturated rings. The summed E-state index contributed by atoms with van der Waals surface area (Å²) < 4.78 is 27.0. The van der Waals surface area contributed by atoms with Crippen molar-refractivity contribution in [3.05, 3.63) is 107 Å². The standard InChI is InChI=1S/C29H30F2N2O2/c30-25-12-10-22(11-13-25)20-28(35)33-18-15-29(16-19-33,24-7-2-1-3-8-24)21-27(34)32-17-14-23-6-4-5-9-26(23)31/h1-13H,14-21H2,(H,32,34). The molecule has 1 aliphatic heterocycles. The Balaban J connectivity index is 1.37. The summed E-state index contributed by atoms with van der Waals surface area (Å²) in [6.07, 6.45) is 2.33. The molecule has 3 aromatic carbocycles. The number of nitrogens with one attached hydrogen (secondary N) is 1. The molecule has 0 spiro atoms. The van der Waals surface area contributed by atoms with Crippen LogP contribution in [0.4, 0.5) is 8.78 Å². The van der Waals surface area contributed by atoms with Crippen LogP contribution in [0.15, 0.2) is 78.9 Å². The van der Waals surface area contributed by atoms with Crippen molar-refractivity contribution in [3.8, 4) is 0 Å². The molecule has 6 heteroatoms. The van der Waals surface area contributed by atoms with E-state index in [1.807, 2.05) is 35.2 Å². The number of piperidine rings is 1. The second kappa shape index (κ2) is 11.3. The molecule has 35 heavy (non-hydrogen) atoms. The predicted octanol–water partition coefficient (Wildman–Crippen LogP) is 4.82.